The van der Waals surface area contributed by atoms with Gasteiger partial charge in [-0.05, 0) is 49.9 Å². The molecule has 1 heterocycles. The molecule has 0 aliphatic carbocycles. The predicted molar refractivity (Wildman–Crippen MR) is 97.6 cm³/mol. The first-order valence-corrected chi connectivity index (χ1v) is 9.85. The molecule has 0 unspecified atom stereocenters. The molecule has 3 rings (SSSR count). The highest BCUT2D eigenvalue weighted by Gasteiger charge is 2.30. The van der Waals surface area contributed by atoms with Gasteiger partial charge < -0.3 is 5.32 Å². The van der Waals surface area contributed by atoms with E-state index in [0.29, 0.717) is 11.4 Å². The minimum absolute atomic E-state index is 0.109. The van der Waals surface area contributed by atoms with E-state index >= 15 is 0 Å². The fraction of sp³-hybridized carbons (Fsp3) is 0.368. The lowest BCUT2D eigenvalue weighted by molar-refractivity contribution is 0.347. The normalized spacial score (nSPS) is 14.5. The Balaban J connectivity index is 2.01. The maximum Gasteiger partial charge on any atom is 0.243 e. The number of nitrogens with zero attached hydrogens (tertiary/aromatic N) is 1. The first-order chi connectivity index (χ1) is 11.5. The van der Waals surface area contributed by atoms with Crippen LogP contribution in [0, 0.1) is 0 Å². The summed E-state index contributed by atoms with van der Waals surface area (Å²) in [6, 6.07) is 15.2. The Morgan fingerprint density at radius 3 is 2.54 bits per heavy atom. The molecule has 0 saturated heterocycles. The summed E-state index contributed by atoms with van der Waals surface area (Å²) in [5, 5.41) is 3.31. The number of hydrogen-bond acceptors (Lipinski definition) is 3. The van der Waals surface area contributed by atoms with Crippen molar-refractivity contribution in [2.75, 3.05) is 11.9 Å². The molecule has 0 aromatic heterocycles. The van der Waals surface area contributed by atoms with Crippen molar-refractivity contribution in [3.63, 3.8) is 0 Å². The van der Waals surface area contributed by atoms with E-state index in [2.05, 4.69) is 5.32 Å². The summed E-state index contributed by atoms with van der Waals surface area (Å²) in [5.41, 5.74) is 2.87. The van der Waals surface area contributed by atoms with Crippen molar-refractivity contribution >= 4 is 15.7 Å². The van der Waals surface area contributed by atoms with Gasteiger partial charge in [-0.2, -0.15) is 4.31 Å². The summed E-state index contributed by atoms with van der Waals surface area (Å²) in [5.74, 6) is 0. The van der Waals surface area contributed by atoms with Crippen LogP contribution in [0.1, 0.15) is 31.4 Å². The molecule has 0 spiro atoms. The van der Waals surface area contributed by atoms with Crippen molar-refractivity contribution in [2.24, 2.45) is 0 Å². The zero-order valence-corrected chi connectivity index (χ0v) is 15.0. The first kappa shape index (κ1) is 17.0. The molecule has 0 amide bonds. The Bertz CT molecular complexity index is 801. The van der Waals surface area contributed by atoms with Gasteiger partial charge in [0.25, 0.3) is 0 Å². The second kappa shape index (κ2) is 6.95. The van der Waals surface area contributed by atoms with Crippen LogP contribution in [-0.2, 0) is 23.0 Å². The van der Waals surface area contributed by atoms with E-state index in [1.807, 2.05) is 56.3 Å². The number of sulfonamides is 1. The summed E-state index contributed by atoms with van der Waals surface area (Å²) in [6.07, 6.45) is 1.76. The number of anilines is 1. The van der Waals surface area contributed by atoms with Crippen molar-refractivity contribution in [1.29, 1.82) is 0 Å². The van der Waals surface area contributed by atoms with Gasteiger partial charge in [-0.25, -0.2) is 8.42 Å². The summed E-state index contributed by atoms with van der Waals surface area (Å²) in [4.78, 5) is 0.442. The molecule has 0 atom stereocenters. The highest BCUT2D eigenvalue weighted by molar-refractivity contribution is 7.89. The van der Waals surface area contributed by atoms with Gasteiger partial charge in [0.15, 0.2) is 0 Å². The molecular formula is C19H24N2O2S. The van der Waals surface area contributed by atoms with Crippen molar-refractivity contribution < 1.29 is 8.42 Å². The molecule has 2 aromatic rings. The highest BCUT2D eigenvalue weighted by Crippen LogP contribution is 2.31. The molecule has 5 heteroatoms. The molecule has 0 bridgehead atoms. The SMILES string of the molecule is CC(C)N(Cc1ccccc1)S(=O)(=O)c1cccc2c1CCCN2. The summed E-state index contributed by atoms with van der Waals surface area (Å²) in [6.45, 7) is 5.13. The Kier molecular flexibility index (Phi) is 4.92. The van der Waals surface area contributed by atoms with E-state index in [1.54, 1.807) is 10.4 Å². The topological polar surface area (TPSA) is 49.4 Å². The van der Waals surface area contributed by atoms with Crippen LogP contribution in [-0.4, -0.2) is 25.3 Å². The lowest BCUT2D eigenvalue weighted by Gasteiger charge is -2.29. The Morgan fingerprint density at radius 1 is 1.08 bits per heavy atom. The molecule has 1 aliphatic heterocycles. The Morgan fingerprint density at radius 2 is 1.83 bits per heavy atom. The van der Waals surface area contributed by atoms with Gasteiger partial charge in [0.05, 0.1) is 4.90 Å². The van der Waals surface area contributed by atoms with Crippen molar-refractivity contribution in [3.8, 4) is 0 Å². The maximum absolute atomic E-state index is 13.3. The lowest BCUT2D eigenvalue weighted by Crippen LogP contribution is -2.37. The van der Waals surface area contributed by atoms with E-state index in [1.165, 1.54) is 0 Å². The minimum atomic E-state index is -3.55. The molecular weight excluding hydrogens is 320 g/mol. The van der Waals surface area contributed by atoms with Gasteiger partial charge >= 0.3 is 0 Å². The van der Waals surface area contributed by atoms with Crippen LogP contribution in [0.5, 0.6) is 0 Å². The number of fused-ring (bicyclic) bond motifs is 1. The van der Waals surface area contributed by atoms with Crippen LogP contribution in [0.15, 0.2) is 53.4 Å². The average Bonchev–Trinajstić information content (AvgIpc) is 2.59. The minimum Gasteiger partial charge on any atom is -0.385 e. The molecule has 1 N–H and O–H groups in total. The van der Waals surface area contributed by atoms with E-state index in [0.717, 1.165) is 36.2 Å². The molecule has 2 aromatic carbocycles. The first-order valence-electron chi connectivity index (χ1n) is 8.41. The highest BCUT2D eigenvalue weighted by atomic mass is 32.2. The second-order valence-electron chi connectivity index (χ2n) is 6.44. The van der Waals surface area contributed by atoms with E-state index in [-0.39, 0.29) is 6.04 Å². The molecule has 128 valence electrons. The Labute approximate surface area is 144 Å². The molecule has 0 fully saturated rings. The quantitative estimate of drug-likeness (QED) is 0.901. The molecule has 0 saturated carbocycles. The van der Waals surface area contributed by atoms with Gasteiger partial charge in [-0.1, -0.05) is 36.4 Å². The molecule has 1 aliphatic rings. The van der Waals surface area contributed by atoms with Crippen LogP contribution >= 0.6 is 0 Å². The zero-order chi connectivity index (χ0) is 17.2. The van der Waals surface area contributed by atoms with Crippen LogP contribution in [0.3, 0.4) is 0 Å². The van der Waals surface area contributed by atoms with Gasteiger partial charge in [0, 0.05) is 24.8 Å². The van der Waals surface area contributed by atoms with Crippen molar-refractivity contribution in [1.82, 2.24) is 4.31 Å². The fourth-order valence-electron chi connectivity index (χ4n) is 3.15. The molecule has 4 nitrogen and oxygen atoms in total. The van der Waals surface area contributed by atoms with E-state index in [4.69, 9.17) is 0 Å². The third kappa shape index (κ3) is 3.32. The van der Waals surface area contributed by atoms with Crippen LogP contribution in [0.2, 0.25) is 0 Å². The van der Waals surface area contributed by atoms with Crippen molar-refractivity contribution in [2.45, 2.75) is 44.2 Å². The van der Waals surface area contributed by atoms with Gasteiger partial charge in [-0.3, -0.25) is 0 Å². The molecule has 24 heavy (non-hydrogen) atoms. The number of hydrogen-bond donors (Lipinski definition) is 1. The number of benzene rings is 2. The summed E-state index contributed by atoms with van der Waals surface area (Å²) >= 11 is 0. The predicted octanol–water partition coefficient (Wildman–Crippen LogP) is 3.64. The summed E-state index contributed by atoms with van der Waals surface area (Å²) < 4.78 is 28.3. The van der Waals surface area contributed by atoms with Gasteiger partial charge in [0.2, 0.25) is 10.0 Å². The van der Waals surface area contributed by atoms with E-state index < -0.39 is 10.0 Å². The molecule has 0 radical (unpaired) electrons. The van der Waals surface area contributed by atoms with Crippen LogP contribution < -0.4 is 5.32 Å². The standard InChI is InChI=1S/C19H24N2O2S/c1-15(2)21(14-16-8-4-3-5-9-16)24(22,23)19-12-6-11-18-17(19)10-7-13-20-18/h3-6,8-9,11-12,15,20H,7,10,13-14H2,1-2H3. The van der Waals surface area contributed by atoms with Gasteiger partial charge in [0.1, 0.15) is 0 Å². The van der Waals surface area contributed by atoms with Crippen molar-refractivity contribution in [3.05, 3.63) is 59.7 Å². The number of rotatable bonds is 5. The largest absolute Gasteiger partial charge is 0.385 e. The Hall–Kier alpha value is -1.85. The van der Waals surface area contributed by atoms with E-state index in [9.17, 15) is 8.42 Å². The fourth-order valence-corrected chi connectivity index (χ4v) is 5.05. The zero-order valence-electron chi connectivity index (χ0n) is 14.2. The third-order valence-electron chi connectivity index (χ3n) is 4.40. The van der Waals surface area contributed by atoms with Crippen LogP contribution in [0.4, 0.5) is 5.69 Å². The van der Waals surface area contributed by atoms with Crippen LogP contribution in [0.25, 0.3) is 0 Å². The summed E-state index contributed by atoms with van der Waals surface area (Å²) in [7, 11) is -3.55. The monoisotopic (exact) mass is 344 g/mol. The third-order valence-corrected chi connectivity index (χ3v) is 6.50. The average molecular weight is 344 g/mol. The van der Waals surface area contributed by atoms with Gasteiger partial charge in [-0.15, -0.1) is 0 Å². The maximum atomic E-state index is 13.3. The number of nitrogens with one attached hydrogen (secondary N) is 1. The smallest absolute Gasteiger partial charge is 0.243 e. The second-order valence-corrected chi connectivity index (χ2v) is 8.30. The lowest BCUT2D eigenvalue weighted by atomic mass is 10.0.